The molecule has 0 radical (unpaired) electrons. The van der Waals surface area contributed by atoms with Crippen molar-refractivity contribution < 1.29 is 9.18 Å². The number of benzene rings is 1. The summed E-state index contributed by atoms with van der Waals surface area (Å²) in [6.45, 7) is 0.259. The quantitative estimate of drug-likeness (QED) is 0.868. The van der Waals surface area contributed by atoms with Gasteiger partial charge in [0.15, 0.2) is 0 Å². The van der Waals surface area contributed by atoms with Gasteiger partial charge in [-0.15, -0.1) is 0 Å². The lowest BCUT2D eigenvalue weighted by atomic mass is 10.2. The summed E-state index contributed by atoms with van der Waals surface area (Å²) in [5, 5.41) is 2.50. The number of pyridine rings is 1. The topological polar surface area (TPSA) is 68.0 Å². The van der Waals surface area contributed by atoms with Crippen LogP contribution in [0.4, 0.5) is 10.1 Å². The van der Waals surface area contributed by atoms with Gasteiger partial charge < -0.3 is 11.1 Å². The van der Waals surface area contributed by atoms with Crippen LogP contribution in [0.15, 0.2) is 42.7 Å². The summed E-state index contributed by atoms with van der Waals surface area (Å²) in [5.74, 6) is -0.878. The molecule has 1 aromatic carbocycles. The molecule has 2 aromatic rings. The molecule has 0 aliphatic carbocycles. The zero-order chi connectivity index (χ0) is 13.0. The van der Waals surface area contributed by atoms with Gasteiger partial charge in [0.05, 0.1) is 5.69 Å². The van der Waals surface area contributed by atoms with E-state index in [-0.39, 0.29) is 18.1 Å². The number of rotatable bonds is 3. The molecule has 0 spiro atoms. The molecule has 0 saturated heterocycles. The van der Waals surface area contributed by atoms with Crippen molar-refractivity contribution in [2.75, 3.05) is 5.32 Å². The molecule has 18 heavy (non-hydrogen) atoms. The van der Waals surface area contributed by atoms with Crippen LogP contribution in [0.5, 0.6) is 0 Å². The first-order chi connectivity index (χ1) is 8.70. The molecule has 3 N–H and O–H groups in total. The number of anilines is 1. The standard InChI is InChI=1S/C13H12FN3O/c14-11-7-9(8-15)1-2-12(11)17-13(18)10-3-5-16-6-4-10/h1-7H,8,15H2,(H,17,18). The van der Waals surface area contributed by atoms with Crippen molar-refractivity contribution >= 4 is 11.6 Å². The maximum Gasteiger partial charge on any atom is 0.255 e. The minimum absolute atomic E-state index is 0.133. The second-order valence-corrected chi connectivity index (χ2v) is 3.71. The molecule has 0 aliphatic rings. The fourth-order valence-electron chi connectivity index (χ4n) is 1.48. The summed E-state index contributed by atoms with van der Waals surface area (Å²) < 4.78 is 13.6. The van der Waals surface area contributed by atoms with E-state index in [0.29, 0.717) is 11.1 Å². The van der Waals surface area contributed by atoms with Gasteiger partial charge in [-0.3, -0.25) is 9.78 Å². The van der Waals surface area contributed by atoms with Gasteiger partial charge in [-0.2, -0.15) is 0 Å². The first-order valence-corrected chi connectivity index (χ1v) is 5.40. The Hall–Kier alpha value is -2.27. The number of nitrogens with two attached hydrogens (primary N) is 1. The van der Waals surface area contributed by atoms with E-state index in [1.54, 1.807) is 18.2 Å². The van der Waals surface area contributed by atoms with Crippen molar-refractivity contribution in [1.29, 1.82) is 0 Å². The van der Waals surface area contributed by atoms with Crippen molar-refractivity contribution in [3.8, 4) is 0 Å². The molecule has 0 unspecified atom stereocenters. The minimum atomic E-state index is -0.500. The number of carbonyl (C=O) groups is 1. The summed E-state index contributed by atoms with van der Waals surface area (Å²) in [6.07, 6.45) is 3.01. The van der Waals surface area contributed by atoms with Gasteiger partial charge in [-0.1, -0.05) is 6.07 Å². The van der Waals surface area contributed by atoms with E-state index in [0.717, 1.165) is 0 Å². The molecule has 92 valence electrons. The van der Waals surface area contributed by atoms with Crippen LogP contribution in [0.3, 0.4) is 0 Å². The molecular weight excluding hydrogens is 233 g/mol. The molecule has 1 amide bonds. The van der Waals surface area contributed by atoms with Crippen LogP contribution in [-0.2, 0) is 6.54 Å². The third-order valence-corrected chi connectivity index (χ3v) is 2.46. The number of hydrogen-bond acceptors (Lipinski definition) is 3. The van der Waals surface area contributed by atoms with Crippen molar-refractivity contribution in [2.24, 2.45) is 5.73 Å². The van der Waals surface area contributed by atoms with Crippen molar-refractivity contribution in [3.05, 3.63) is 59.7 Å². The highest BCUT2D eigenvalue weighted by Gasteiger charge is 2.09. The zero-order valence-electron chi connectivity index (χ0n) is 9.56. The average Bonchev–Trinajstić information content (AvgIpc) is 2.42. The van der Waals surface area contributed by atoms with Crippen molar-refractivity contribution in [2.45, 2.75) is 6.54 Å². The summed E-state index contributed by atoms with van der Waals surface area (Å²) in [6, 6.07) is 7.59. The molecule has 5 heteroatoms. The predicted octanol–water partition coefficient (Wildman–Crippen LogP) is 1.93. The lowest BCUT2D eigenvalue weighted by Gasteiger charge is -2.07. The second kappa shape index (κ2) is 5.37. The van der Waals surface area contributed by atoms with Crippen LogP contribution in [-0.4, -0.2) is 10.9 Å². The Morgan fingerprint density at radius 1 is 1.28 bits per heavy atom. The van der Waals surface area contributed by atoms with Crippen LogP contribution in [0.2, 0.25) is 0 Å². The van der Waals surface area contributed by atoms with Crippen LogP contribution in [0, 0.1) is 5.82 Å². The predicted molar refractivity (Wildman–Crippen MR) is 66.5 cm³/mol. The van der Waals surface area contributed by atoms with E-state index in [9.17, 15) is 9.18 Å². The number of nitrogens with zero attached hydrogens (tertiary/aromatic N) is 1. The fourth-order valence-corrected chi connectivity index (χ4v) is 1.48. The minimum Gasteiger partial charge on any atom is -0.326 e. The molecule has 0 bridgehead atoms. The van der Waals surface area contributed by atoms with Crippen LogP contribution < -0.4 is 11.1 Å². The Morgan fingerprint density at radius 2 is 2.00 bits per heavy atom. The maximum atomic E-state index is 13.6. The lowest BCUT2D eigenvalue weighted by molar-refractivity contribution is 0.102. The first kappa shape index (κ1) is 12.2. The molecule has 1 aromatic heterocycles. The Labute approximate surface area is 104 Å². The zero-order valence-corrected chi connectivity index (χ0v) is 9.56. The normalized spacial score (nSPS) is 10.1. The largest absolute Gasteiger partial charge is 0.326 e. The molecule has 0 aliphatic heterocycles. The number of aromatic nitrogens is 1. The van der Waals surface area contributed by atoms with Crippen molar-refractivity contribution in [3.63, 3.8) is 0 Å². The van der Waals surface area contributed by atoms with Gasteiger partial charge in [0.25, 0.3) is 5.91 Å². The Balaban J connectivity index is 2.17. The average molecular weight is 245 g/mol. The highest BCUT2D eigenvalue weighted by atomic mass is 19.1. The smallest absolute Gasteiger partial charge is 0.255 e. The molecule has 1 heterocycles. The van der Waals surface area contributed by atoms with E-state index in [4.69, 9.17) is 5.73 Å². The monoisotopic (exact) mass is 245 g/mol. The summed E-state index contributed by atoms with van der Waals surface area (Å²) in [4.78, 5) is 15.6. The molecule has 0 saturated carbocycles. The maximum absolute atomic E-state index is 13.6. The number of nitrogens with one attached hydrogen (secondary N) is 1. The van der Waals surface area contributed by atoms with Gasteiger partial charge in [-0.25, -0.2) is 4.39 Å². The Kier molecular flexibility index (Phi) is 3.64. The molecule has 2 rings (SSSR count). The summed E-state index contributed by atoms with van der Waals surface area (Å²) in [5.41, 5.74) is 6.63. The van der Waals surface area contributed by atoms with Gasteiger partial charge >= 0.3 is 0 Å². The summed E-state index contributed by atoms with van der Waals surface area (Å²) >= 11 is 0. The molecule has 0 atom stereocenters. The van der Waals surface area contributed by atoms with Crippen LogP contribution in [0.25, 0.3) is 0 Å². The van der Waals surface area contributed by atoms with E-state index in [2.05, 4.69) is 10.3 Å². The highest BCUT2D eigenvalue weighted by Crippen LogP contribution is 2.16. The summed E-state index contributed by atoms with van der Waals surface area (Å²) in [7, 11) is 0. The SMILES string of the molecule is NCc1ccc(NC(=O)c2ccncc2)c(F)c1. The number of amides is 1. The van der Waals surface area contributed by atoms with E-state index in [1.807, 2.05) is 0 Å². The molecular formula is C13H12FN3O. The van der Waals surface area contributed by atoms with Crippen LogP contribution >= 0.6 is 0 Å². The van der Waals surface area contributed by atoms with E-state index in [1.165, 1.54) is 24.5 Å². The Morgan fingerprint density at radius 3 is 2.61 bits per heavy atom. The Bertz CT molecular complexity index is 557. The third kappa shape index (κ3) is 2.70. The van der Waals surface area contributed by atoms with Crippen molar-refractivity contribution in [1.82, 2.24) is 4.98 Å². The highest BCUT2D eigenvalue weighted by molar-refractivity contribution is 6.04. The lowest BCUT2D eigenvalue weighted by Crippen LogP contribution is -2.13. The van der Waals surface area contributed by atoms with Gasteiger partial charge in [0.2, 0.25) is 0 Å². The first-order valence-electron chi connectivity index (χ1n) is 5.40. The molecule has 0 fully saturated rings. The van der Waals surface area contributed by atoms with Gasteiger partial charge in [0, 0.05) is 24.5 Å². The number of hydrogen-bond donors (Lipinski definition) is 2. The van der Waals surface area contributed by atoms with E-state index < -0.39 is 5.82 Å². The fraction of sp³-hybridized carbons (Fsp3) is 0.0769. The van der Waals surface area contributed by atoms with Gasteiger partial charge in [0.1, 0.15) is 5.82 Å². The second-order valence-electron chi connectivity index (χ2n) is 3.71. The molecule has 4 nitrogen and oxygen atoms in total. The number of carbonyl (C=O) groups excluding carboxylic acids is 1. The third-order valence-electron chi connectivity index (χ3n) is 2.46. The van der Waals surface area contributed by atoms with E-state index >= 15 is 0 Å². The number of halogens is 1. The van der Waals surface area contributed by atoms with Crippen LogP contribution in [0.1, 0.15) is 15.9 Å². The van der Waals surface area contributed by atoms with Gasteiger partial charge in [-0.05, 0) is 29.8 Å².